The van der Waals surface area contributed by atoms with E-state index in [1.54, 1.807) is 5.32 Å². The second-order valence-corrected chi connectivity index (χ2v) is 7.29. The van der Waals surface area contributed by atoms with E-state index in [9.17, 15) is 31.1 Å². The van der Waals surface area contributed by atoms with E-state index in [0.717, 1.165) is 25.1 Å². The fraction of sp³-hybridized carbons (Fsp3) is 0.389. The number of ether oxygens (including phenoxy) is 1. The van der Waals surface area contributed by atoms with Gasteiger partial charge in [-0.25, -0.2) is 13.2 Å². The van der Waals surface area contributed by atoms with Gasteiger partial charge in [0, 0.05) is 17.5 Å². The maximum Gasteiger partial charge on any atom is 0.405 e. The van der Waals surface area contributed by atoms with Crippen LogP contribution in [0.1, 0.15) is 12.5 Å². The molecule has 1 atom stereocenters. The summed E-state index contributed by atoms with van der Waals surface area (Å²) in [6, 6.07) is 2.72. The quantitative estimate of drug-likeness (QED) is 0.366. The number of carbonyl (C=O) groups excluding carboxylic acids is 1. The molecular formula is C18H18ClF6N5O2. The number of alkyl halides is 5. The molecule has 0 fully saturated rings. The molecule has 176 valence electrons. The lowest BCUT2D eigenvalue weighted by Crippen LogP contribution is -2.45. The first-order valence-corrected chi connectivity index (χ1v) is 9.20. The maximum absolute atomic E-state index is 14.7. The van der Waals surface area contributed by atoms with Gasteiger partial charge in [0.25, 0.3) is 11.8 Å². The van der Waals surface area contributed by atoms with Crippen molar-refractivity contribution >= 4 is 34.7 Å². The van der Waals surface area contributed by atoms with Gasteiger partial charge >= 0.3 is 6.18 Å². The highest BCUT2D eigenvalue weighted by Gasteiger charge is 2.54. The van der Waals surface area contributed by atoms with Gasteiger partial charge in [-0.15, -0.1) is 0 Å². The van der Waals surface area contributed by atoms with Crippen molar-refractivity contribution in [1.29, 1.82) is 5.41 Å². The molecule has 32 heavy (non-hydrogen) atoms. The van der Waals surface area contributed by atoms with Gasteiger partial charge in [-0.2, -0.15) is 13.2 Å². The summed E-state index contributed by atoms with van der Waals surface area (Å²) in [4.78, 5) is 15.9. The number of amidine groups is 1. The van der Waals surface area contributed by atoms with Crippen molar-refractivity contribution in [2.75, 3.05) is 25.1 Å². The molecule has 14 heteroatoms. The molecule has 1 heterocycles. The summed E-state index contributed by atoms with van der Waals surface area (Å²) < 4.78 is 85.1. The molecule has 1 aromatic rings. The summed E-state index contributed by atoms with van der Waals surface area (Å²) in [7, 11) is 0. The Bertz CT molecular complexity index is 966. The molecule has 7 nitrogen and oxygen atoms in total. The highest BCUT2D eigenvalue weighted by Crippen LogP contribution is 2.44. The van der Waals surface area contributed by atoms with Crippen LogP contribution in [0, 0.1) is 11.2 Å². The fourth-order valence-electron chi connectivity index (χ4n) is 2.69. The van der Waals surface area contributed by atoms with Crippen LogP contribution in [-0.4, -0.2) is 49.3 Å². The molecule has 1 amide bonds. The SMILES string of the molecule is C[C@]1(c2cc(NC(=O)C(=N)/C(Cl)=C\NCC(F)(F)F)ccc2F)N=C(N)COCC1(F)F. The molecule has 0 aliphatic carbocycles. The molecule has 0 unspecified atom stereocenters. The molecule has 0 spiro atoms. The first-order chi connectivity index (χ1) is 14.7. The topological polar surface area (TPSA) is 113 Å². The predicted molar refractivity (Wildman–Crippen MR) is 105 cm³/mol. The number of hydrogen-bond donors (Lipinski definition) is 4. The second-order valence-electron chi connectivity index (χ2n) is 6.88. The minimum absolute atomic E-state index is 0.195. The standard InChI is InChI=1S/C18H18ClF6N5O2/c1-16(17(21,22)8-32-6-13(26)30-16)10-4-9(2-3-12(10)20)29-15(31)14(27)11(19)5-28-7-18(23,24)25/h2-5,27-28H,6-8H2,1H3,(H2,26,30)(H,29,31)/b11-5+,27-14?/t16-/m1/s1. The molecule has 0 aromatic heterocycles. The lowest BCUT2D eigenvalue weighted by atomic mass is 9.85. The number of nitrogens with zero attached hydrogens (tertiary/aromatic N) is 1. The van der Waals surface area contributed by atoms with Gasteiger partial charge in [-0.1, -0.05) is 11.6 Å². The molecule has 1 aliphatic heterocycles. The van der Waals surface area contributed by atoms with Crippen LogP contribution in [0.25, 0.3) is 0 Å². The first-order valence-electron chi connectivity index (χ1n) is 8.82. The minimum atomic E-state index is -4.55. The van der Waals surface area contributed by atoms with E-state index in [1.165, 1.54) is 0 Å². The fourth-order valence-corrected chi connectivity index (χ4v) is 2.85. The molecule has 0 saturated carbocycles. The van der Waals surface area contributed by atoms with E-state index in [0.29, 0.717) is 6.20 Å². The van der Waals surface area contributed by atoms with E-state index in [2.05, 4.69) is 10.3 Å². The molecule has 2 rings (SSSR count). The van der Waals surface area contributed by atoms with Gasteiger partial charge in [0.1, 0.15) is 37.1 Å². The average molecular weight is 486 g/mol. The number of amides is 1. The van der Waals surface area contributed by atoms with Gasteiger partial charge in [-0.05, 0) is 25.1 Å². The highest BCUT2D eigenvalue weighted by atomic mass is 35.5. The maximum atomic E-state index is 14.7. The predicted octanol–water partition coefficient (Wildman–Crippen LogP) is 3.25. The van der Waals surface area contributed by atoms with Gasteiger partial charge < -0.3 is 21.1 Å². The first kappa shape index (κ1) is 25.5. The van der Waals surface area contributed by atoms with Gasteiger partial charge in [0.05, 0.1) is 5.03 Å². The number of hydrogen-bond acceptors (Lipinski definition) is 6. The third-order valence-corrected chi connectivity index (χ3v) is 4.66. The number of nitrogens with two attached hydrogens (primary N) is 1. The molecule has 1 aromatic carbocycles. The Morgan fingerprint density at radius 2 is 2.06 bits per heavy atom. The Balaban J connectivity index is 2.27. The number of aliphatic imine (C=N–C) groups is 1. The van der Waals surface area contributed by atoms with Gasteiger partial charge in [0.15, 0.2) is 5.54 Å². The Morgan fingerprint density at radius 3 is 2.69 bits per heavy atom. The average Bonchev–Trinajstić information content (AvgIpc) is 2.76. The van der Waals surface area contributed by atoms with Crippen LogP contribution in [0.4, 0.5) is 32.0 Å². The van der Waals surface area contributed by atoms with Crippen LogP contribution in [-0.2, 0) is 15.1 Å². The Morgan fingerprint density at radius 1 is 1.41 bits per heavy atom. The van der Waals surface area contributed by atoms with Crippen molar-refractivity contribution < 1.29 is 35.9 Å². The second kappa shape index (κ2) is 9.36. The number of carbonyl (C=O) groups is 1. The van der Waals surface area contributed by atoms with Crippen LogP contribution >= 0.6 is 11.6 Å². The van der Waals surface area contributed by atoms with Crippen molar-refractivity contribution in [3.8, 4) is 0 Å². The zero-order valence-corrected chi connectivity index (χ0v) is 17.2. The number of anilines is 1. The Kier molecular flexibility index (Phi) is 7.45. The van der Waals surface area contributed by atoms with Crippen LogP contribution in [0.3, 0.4) is 0 Å². The Labute approximate surface area is 183 Å². The molecule has 0 bridgehead atoms. The molecular weight excluding hydrogens is 468 g/mol. The summed E-state index contributed by atoms with van der Waals surface area (Å²) in [6.45, 7) is -1.96. The van der Waals surface area contributed by atoms with Gasteiger partial charge in [0.2, 0.25) is 0 Å². The lowest BCUT2D eigenvalue weighted by molar-refractivity contribution is -0.122. The number of halogens is 7. The van der Waals surface area contributed by atoms with Crippen LogP contribution in [0.15, 0.2) is 34.4 Å². The lowest BCUT2D eigenvalue weighted by Gasteiger charge is -2.33. The minimum Gasteiger partial charge on any atom is -0.385 e. The molecule has 0 saturated heterocycles. The van der Waals surface area contributed by atoms with E-state index in [1.807, 2.05) is 0 Å². The van der Waals surface area contributed by atoms with Crippen molar-refractivity contribution in [2.24, 2.45) is 10.7 Å². The summed E-state index contributed by atoms with van der Waals surface area (Å²) in [5.74, 6) is -6.20. The highest BCUT2D eigenvalue weighted by molar-refractivity contribution is 6.60. The van der Waals surface area contributed by atoms with Crippen molar-refractivity contribution in [3.05, 3.63) is 40.8 Å². The van der Waals surface area contributed by atoms with Crippen LogP contribution in [0.5, 0.6) is 0 Å². The third-order valence-electron chi connectivity index (χ3n) is 4.36. The van der Waals surface area contributed by atoms with Gasteiger partial charge in [-0.3, -0.25) is 15.2 Å². The number of nitrogens with one attached hydrogen (secondary N) is 3. The zero-order chi connectivity index (χ0) is 24.3. The monoisotopic (exact) mass is 485 g/mol. The largest absolute Gasteiger partial charge is 0.405 e. The van der Waals surface area contributed by atoms with Crippen molar-refractivity contribution in [1.82, 2.24) is 5.32 Å². The van der Waals surface area contributed by atoms with E-state index in [-0.39, 0.29) is 18.1 Å². The summed E-state index contributed by atoms with van der Waals surface area (Å²) >= 11 is 5.63. The zero-order valence-electron chi connectivity index (χ0n) is 16.4. The van der Waals surface area contributed by atoms with E-state index >= 15 is 0 Å². The Hall–Kier alpha value is -2.80. The molecule has 5 N–H and O–H groups in total. The third kappa shape index (κ3) is 5.91. The van der Waals surface area contributed by atoms with Crippen molar-refractivity contribution in [2.45, 2.75) is 24.6 Å². The number of rotatable bonds is 6. The van der Waals surface area contributed by atoms with Crippen LogP contribution < -0.4 is 16.4 Å². The molecule has 0 radical (unpaired) electrons. The number of benzene rings is 1. The summed E-state index contributed by atoms with van der Waals surface area (Å²) in [5.41, 5.74) is 1.36. The normalized spacial score (nSPS) is 21.4. The molecule has 1 aliphatic rings. The van der Waals surface area contributed by atoms with E-state index in [4.69, 9.17) is 27.5 Å². The van der Waals surface area contributed by atoms with Crippen LogP contribution in [0.2, 0.25) is 0 Å². The summed E-state index contributed by atoms with van der Waals surface area (Å²) in [6.07, 6.45) is -3.94. The smallest absolute Gasteiger partial charge is 0.385 e. The van der Waals surface area contributed by atoms with Crippen molar-refractivity contribution in [3.63, 3.8) is 0 Å². The van der Waals surface area contributed by atoms with E-state index < -0.39 is 58.8 Å². The summed E-state index contributed by atoms with van der Waals surface area (Å²) in [5, 5.41) is 10.9.